The molecule has 82 valence electrons. The smallest absolute Gasteiger partial charge is 0.150 e. The summed E-state index contributed by atoms with van der Waals surface area (Å²) < 4.78 is 0. The number of carbonyl (C=O) groups excluding carboxylic acids is 1. The third-order valence-electron chi connectivity index (χ3n) is 2.07. The Morgan fingerprint density at radius 3 is 2.53 bits per heavy atom. The highest BCUT2D eigenvalue weighted by Gasteiger charge is 2.20. The molecule has 2 atom stereocenters. The molecule has 0 heterocycles. The van der Waals surface area contributed by atoms with Crippen molar-refractivity contribution in [3.05, 3.63) is 29.3 Å². The second kappa shape index (κ2) is 4.88. The fourth-order valence-corrected chi connectivity index (χ4v) is 1.24. The van der Waals surface area contributed by atoms with E-state index < -0.39 is 18.8 Å². The lowest BCUT2D eigenvalue weighted by atomic mass is 9.99. The van der Waals surface area contributed by atoms with Gasteiger partial charge >= 0.3 is 0 Å². The van der Waals surface area contributed by atoms with Crippen LogP contribution in [0.4, 0.5) is 0 Å². The summed E-state index contributed by atoms with van der Waals surface area (Å²) >= 11 is 0. The molecular formula is C10H12O5. The summed E-state index contributed by atoms with van der Waals surface area (Å²) in [4.78, 5) is 10.6. The van der Waals surface area contributed by atoms with Gasteiger partial charge in [-0.1, -0.05) is 6.07 Å². The fraction of sp³-hybridized carbons (Fsp3) is 0.300. The van der Waals surface area contributed by atoms with E-state index in [-0.39, 0.29) is 16.9 Å². The second-order valence-corrected chi connectivity index (χ2v) is 3.13. The first kappa shape index (κ1) is 11.6. The molecule has 0 aliphatic heterocycles. The van der Waals surface area contributed by atoms with Gasteiger partial charge in [-0.05, 0) is 17.7 Å². The third-order valence-corrected chi connectivity index (χ3v) is 2.07. The van der Waals surface area contributed by atoms with E-state index in [0.717, 1.165) is 0 Å². The van der Waals surface area contributed by atoms with Crippen LogP contribution in [0.1, 0.15) is 22.0 Å². The molecule has 0 saturated heterocycles. The van der Waals surface area contributed by atoms with Crippen LogP contribution in [0.15, 0.2) is 18.2 Å². The lowest BCUT2D eigenvalue weighted by Gasteiger charge is -2.17. The number of hydrogen-bond donors (Lipinski definition) is 4. The Kier molecular flexibility index (Phi) is 3.79. The van der Waals surface area contributed by atoms with E-state index in [2.05, 4.69) is 0 Å². The zero-order valence-corrected chi connectivity index (χ0v) is 7.87. The van der Waals surface area contributed by atoms with E-state index in [0.29, 0.717) is 6.29 Å². The summed E-state index contributed by atoms with van der Waals surface area (Å²) in [6.07, 6.45) is -2.24. The number of benzene rings is 1. The van der Waals surface area contributed by atoms with E-state index in [1.807, 2.05) is 0 Å². The molecule has 0 aromatic heterocycles. The number of aromatic hydroxyl groups is 1. The third kappa shape index (κ3) is 2.53. The van der Waals surface area contributed by atoms with E-state index in [4.69, 9.17) is 10.2 Å². The van der Waals surface area contributed by atoms with E-state index in [1.54, 1.807) is 0 Å². The molecule has 15 heavy (non-hydrogen) atoms. The minimum absolute atomic E-state index is 0.0787. The maximum absolute atomic E-state index is 10.6. The first-order chi connectivity index (χ1) is 7.10. The van der Waals surface area contributed by atoms with Crippen molar-refractivity contribution in [2.24, 2.45) is 0 Å². The van der Waals surface area contributed by atoms with Crippen molar-refractivity contribution in [3.63, 3.8) is 0 Å². The standard InChI is InChI=1S/C10H12O5/c11-4-6-3-7(13)1-2-8(6)10(15)9(14)5-12/h1-4,9-10,12-15H,5H2. The van der Waals surface area contributed by atoms with Crippen molar-refractivity contribution in [2.75, 3.05) is 6.61 Å². The normalized spacial score (nSPS) is 14.6. The lowest BCUT2D eigenvalue weighted by molar-refractivity contribution is -0.0154. The maximum atomic E-state index is 10.6. The Balaban J connectivity index is 3.07. The molecule has 5 nitrogen and oxygen atoms in total. The molecule has 1 rings (SSSR count). The monoisotopic (exact) mass is 212 g/mol. The van der Waals surface area contributed by atoms with Crippen LogP contribution in [0, 0.1) is 0 Å². The van der Waals surface area contributed by atoms with Gasteiger partial charge in [0.15, 0.2) is 6.29 Å². The van der Waals surface area contributed by atoms with Crippen molar-refractivity contribution < 1.29 is 25.2 Å². The van der Waals surface area contributed by atoms with Crippen molar-refractivity contribution in [1.29, 1.82) is 0 Å². The molecule has 4 N–H and O–H groups in total. The predicted octanol–water partition coefficient (Wildman–Crippen LogP) is -0.409. The zero-order chi connectivity index (χ0) is 11.4. The summed E-state index contributed by atoms with van der Waals surface area (Å²) in [7, 11) is 0. The quantitative estimate of drug-likeness (QED) is 0.509. The average Bonchev–Trinajstić information content (AvgIpc) is 2.26. The molecular weight excluding hydrogens is 200 g/mol. The average molecular weight is 212 g/mol. The Hall–Kier alpha value is -1.43. The summed E-state index contributed by atoms with van der Waals surface area (Å²) in [5.41, 5.74) is 0.249. The second-order valence-electron chi connectivity index (χ2n) is 3.13. The summed E-state index contributed by atoms with van der Waals surface area (Å²) in [6, 6.07) is 3.79. The highest BCUT2D eigenvalue weighted by Crippen LogP contribution is 2.23. The lowest BCUT2D eigenvalue weighted by Crippen LogP contribution is -2.23. The van der Waals surface area contributed by atoms with Gasteiger partial charge in [0.25, 0.3) is 0 Å². The van der Waals surface area contributed by atoms with Crippen LogP contribution in [0.25, 0.3) is 0 Å². The van der Waals surface area contributed by atoms with Gasteiger partial charge in [-0.15, -0.1) is 0 Å². The van der Waals surface area contributed by atoms with E-state index >= 15 is 0 Å². The zero-order valence-electron chi connectivity index (χ0n) is 7.87. The van der Waals surface area contributed by atoms with Gasteiger partial charge in [-0.3, -0.25) is 4.79 Å². The molecule has 0 bridgehead atoms. The largest absolute Gasteiger partial charge is 0.508 e. The molecule has 0 aliphatic carbocycles. The van der Waals surface area contributed by atoms with Crippen LogP contribution in [0.3, 0.4) is 0 Å². The van der Waals surface area contributed by atoms with Crippen molar-refractivity contribution in [1.82, 2.24) is 0 Å². The van der Waals surface area contributed by atoms with Crippen molar-refractivity contribution in [3.8, 4) is 5.75 Å². The summed E-state index contributed by atoms with van der Waals surface area (Å²) in [6.45, 7) is -0.611. The summed E-state index contributed by atoms with van der Waals surface area (Å²) in [5.74, 6) is -0.105. The molecule has 0 radical (unpaired) electrons. The number of carbonyl (C=O) groups is 1. The molecule has 0 spiro atoms. The first-order valence-electron chi connectivity index (χ1n) is 4.35. The summed E-state index contributed by atoms with van der Waals surface area (Å²) in [5, 5.41) is 36.5. The number of rotatable bonds is 4. The number of hydrogen-bond acceptors (Lipinski definition) is 5. The van der Waals surface area contributed by atoms with Crippen LogP contribution in [0.2, 0.25) is 0 Å². The number of aliphatic hydroxyl groups excluding tert-OH is 3. The number of aliphatic hydroxyl groups is 3. The Morgan fingerprint density at radius 1 is 1.33 bits per heavy atom. The Bertz CT molecular complexity index is 350. The van der Waals surface area contributed by atoms with Crippen LogP contribution in [0.5, 0.6) is 5.75 Å². The van der Waals surface area contributed by atoms with Gasteiger partial charge in [0.1, 0.15) is 18.0 Å². The number of phenolic OH excluding ortho intramolecular Hbond substituents is 1. The van der Waals surface area contributed by atoms with Crippen LogP contribution in [-0.4, -0.2) is 39.4 Å². The number of phenols is 1. The van der Waals surface area contributed by atoms with Gasteiger partial charge in [-0.2, -0.15) is 0 Å². The van der Waals surface area contributed by atoms with Gasteiger partial charge in [0.05, 0.1) is 6.61 Å². The molecule has 1 aromatic carbocycles. The fourth-order valence-electron chi connectivity index (χ4n) is 1.24. The Morgan fingerprint density at radius 2 is 2.00 bits per heavy atom. The van der Waals surface area contributed by atoms with Crippen molar-refractivity contribution >= 4 is 6.29 Å². The molecule has 1 aromatic rings. The minimum atomic E-state index is -1.35. The molecule has 0 saturated carbocycles. The highest BCUT2D eigenvalue weighted by atomic mass is 16.4. The van der Waals surface area contributed by atoms with Gasteiger partial charge in [0, 0.05) is 5.56 Å². The number of aldehydes is 1. The highest BCUT2D eigenvalue weighted by molar-refractivity contribution is 5.78. The van der Waals surface area contributed by atoms with Gasteiger partial charge < -0.3 is 20.4 Å². The molecule has 2 unspecified atom stereocenters. The molecule has 0 amide bonds. The van der Waals surface area contributed by atoms with Crippen LogP contribution in [-0.2, 0) is 0 Å². The maximum Gasteiger partial charge on any atom is 0.150 e. The van der Waals surface area contributed by atoms with Crippen LogP contribution >= 0.6 is 0 Å². The Labute approximate surface area is 86.2 Å². The van der Waals surface area contributed by atoms with Gasteiger partial charge in [0.2, 0.25) is 0 Å². The van der Waals surface area contributed by atoms with E-state index in [1.165, 1.54) is 18.2 Å². The molecule has 5 heteroatoms. The van der Waals surface area contributed by atoms with Gasteiger partial charge in [-0.25, -0.2) is 0 Å². The SMILES string of the molecule is O=Cc1cc(O)ccc1C(O)C(O)CO. The topological polar surface area (TPSA) is 98.0 Å². The molecule has 0 aliphatic rings. The van der Waals surface area contributed by atoms with E-state index in [9.17, 15) is 15.0 Å². The minimum Gasteiger partial charge on any atom is -0.508 e. The molecule has 0 fully saturated rings. The first-order valence-corrected chi connectivity index (χ1v) is 4.35. The predicted molar refractivity (Wildman–Crippen MR) is 51.5 cm³/mol. The van der Waals surface area contributed by atoms with Crippen molar-refractivity contribution in [2.45, 2.75) is 12.2 Å². The van der Waals surface area contributed by atoms with Crippen LogP contribution < -0.4 is 0 Å².